The van der Waals surface area contributed by atoms with Crippen molar-refractivity contribution in [3.05, 3.63) is 0 Å². The highest BCUT2D eigenvalue weighted by atomic mass is 33.5. The zero-order valence-electron chi connectivity index (χ0n) is 9.81. The van der Waals surface area contributed by atoms with E-state index in [2.05, 4.69) is 41.5 Å². The first-order valence-electron chi connectivity index (χ1n) is 4.90. The van der Waals surface area contributed by atoms with Gasteiger partial charge in [0, 0.05) is 15.7 Å². The van der Waals surface area contributed by atoms with Crippen LogP contribution in [-0.2, 0) is 11.8 Å². The molecule has 0 amide bonds. The Balaban J connectivity index is 4.41. The predicted molar refractivity (Wildman–Crippen MR) is 82.5 cm³/mol. The largest absolute Gasteiger partial charge is 0.110 e. The van der Waals surface area contributed by atoms with Crippen LogP contribution in [0.4, 0.5) is 0 Å². The van der Waals surface area contributed by atoms with Crippen molar-refractivity contribution in [3.8, 4) is 0 Å². The van der Waals surface area contributed by atoms with Crippen molar-refractivity contribution in [2.45, 2.75) is 57.3 Å². The fourth-order valence-corrected chi connectivity index (χ4v) is 22.9. The minimum atomic E-state index is -1.30. The van der Waals surface area contributed by atoms with Crippen LogP contribution in [0.1, 0.15) is 41.5 Å². The highest BCUT2D eigenvalue weighted by Crippen LogP contribution is 2.80. The van der Waals surface area contributed by atoms with Crippen LogP contribution in [0.2, 0.25) is 0 Å². The second-order valence-electron chi connectivity index (χ2n) is 3.91. The van der Waals surface area contributed by atoms with Crippen LogP contribution < -0.4 is 0 Å². The Kier molecular flexibility index (Phi) is 7.97. The van der Waals surface area contributed by atoms with E-state index in [-0.39, 0.29) is 0 Å². The number of rotatable bonds is 6. The molecule has 0 fully saturated rings. The highest BCUT2D eigenvalue weighted by Gasteiger charge is 2.23. The average molecular weight is 289 g/mol. The summed E-state index contributed by atoms with van der Waals surface area (Å²) in [4.78, 5) is 0. The van der Waals surface area contributed by atoms with Crippen molar-refractivity contribution in [2.75, 3.05) is 0 Å². The molecule has 0 aromatic rings. The van der Waals surface area contributed by atoms with Crippen LogP contribution >= 0.6 is 37.8 Å². The van der Waals surface area contributed by atoms with E-state index in [1.54, 1.807) is 0 Å². The summed E-state index contributed by atoms with van der Waals surface area (Å²) in [6.45, 7) is 13.5. The van der Waals surface area contributed by atoms with E-state index in [0.29, 0.717) is 15.7 Å². The van der Waals surface area contributed by atoms with Gasteiger partial charge in [-0.2, -0.15) is 0 Å². The van der Waals surface area contributed by atoms with E-state index >= 15 is 0 Å². The summed E-state index contributed by atoms with van der Waals surface area (Å²) in [6, 6.07) is 0. The Morgan fingerprint density at radius 2 is 0.929 bits per heavy atom. The van der Waals surface area contributed by atoms with Gasteiger partial charge in [-0.25, -0.2) is 0 Å². The van der Waals surface area contributed by atoms with Crippen LogP contribution in [0.5, 0.6) is 0 Å². The zero-order chi connectivity index (χ0) is 11.4. The topological polar surface area (TPSA) is 0 Å². The summed E-state index contributed by atoms with van der Waals surface area (Å²) in [6.07, 6.45) is 0. The van der Waals surface area contributed by atoms with Gasteiger partial charge < -0.3 is 0 Å². The fourth-order valence-electron chi connectivity index (χ4n) is 0.849. The third-order valence-electron chi connectivity index (χ3n) is 1.02. The normalized spacial score (nSPS) is 13.2. The second kappa shape index (κ2) is 7.11. The molecule has 14 heavy (non-hydrogen) atoms. The molecule has 0 atom stereocenters. The van der Waals surface area contributed by atoms with Crippen molar-refractivity contribution in [1.82, 2.24) is 0 Å². The van der Waals surface area contributed by atoms with Gasteiger partial charge in [0.15, 0.2) is 0 Å². The predicted octanol–water partition coefficient (Wildman–Crippen LogP) is 5.64. The molecule has 0 unspecified atom stereocenters. The van der Waals surface area contributed by atoms with Crippen LogP contribution in [0.25, 0.3) is 0 Å². The Morgan fingerprint density at radius 3 is 1.07 bits per heavy atom. The quantitative estimate of drug-likeness (QED) is 0.580. The Morgan fingerprint density at radius 1 is 0.714 bits per heavy atom. The van der Waals surface area contributed by atoms with Gasteiger partial charge in [-0.15, -0.1) is 34.1 Å². The van der Waals surface area contributed by atoms with Crippen LogP contribution in [0, 0.1) is 0 Å². The molecular formula is C9H21PS4. The lowest BCUT2D eigenvalue weighted by atomic mass is 10.6. The minimum Gasteiger partial charge on any atom is -0.101 e. The monoisotopic (exact) mass is 288 g/mol. The maximum atomic E-state index is 5.83. The van der Waals surface area contributed by atoms with Gasteiger partial charge in [0.1, 0.15) is 3.64 Å². The maximum Gasteiger partial charge on any atom is 0.110 e. The summed E-state index contributed by atoms with van der Waals surface area (Å²) in [5, 5.41) is 1.95. The molecule has 0 aromatic heterocycles. The van der Waals surface area contributed by atoms with E-state index in [9.17, 15) is 0 Å². The first kappa shape index (κ1) is 15.7. The van der Waals surface area contributed by atoms with Crippen LogP contribution in [-0.4, -0.2) is 15.7 Å². The first-order valence-corrected chi connectivity index (χ1v) is 12.2. The highest BCUT2D eigenvalue weighted by molar-refractivity contribution is 9.23. The Labute approximate surface area is 106 Å². The third kappa shape index (κ3) is 7.92. The minimum absolute atomic E-state index is 0.651. The van der Waals surface area contributed by atoms with E-state index < -0.39 is 3.64 Å². The lowest BCUT2D eigenvalue weighted by Gasteiger charge is -2.25. The van der Waals surface area contributed by atoms with Gasteiger partial charge in [0.2, 0.25) is 0 Å². The Hall–Kier alpha value is 1.70. The molecule has 0 bridgehead atoms. The van der Waals surface area contributed by atoms with E-state index in [4.69, 9.17) is 11.8 Å². The zero-order valence-corrected chi connectivity index (χ0v) is 14.0. The molecule has 0 aliphatic carbocycles. The molecule has 0 aliphatic rings. The molecule has 0 N–H and O–H groups in total. The summed E-state index contributed by atoms with van der Waals surface area (Å²) >= 11 is 11.9. The fraction of sp³-hybridized carbons (Fsp3) is 1.00. The molecule has 0 nitrogen and oxygen atoms in total. The van der Waals surface area contributed by atoms with Crippen LogP contribution in [0.15, 0.2) is 0 Å². The number of hydrogen-bond acceptors (Lipinski definition) is 4. The molecule has 0 spiro atoms. The van der Waals surface area contributed by atoms with Crippen molar-refractivity contribution >= 4 is 49.6 Å². The molecule has 0 aromatic carbocycles. The van der Waals surface area contributed by atoms with Crippen LogP contribution in [0.3, 0.4) is 0 Å². The molecule has 0 saturated carbocycles. The van der Waals surface area contributed by atoms with Crippen molar-refractivity contribution in [2.24, 2.45) is 0 Å². The molecule has 5 heteroatoms. The third-order valence-corrected chi connectivity index (χ3v) is 16.1. The summed E-state index contributed by atoms with van der Waals surface area (Å²) < 4.78 is -1.30. The lowest BCUT2D eigenvalue weighted by molar-refractivity contribution is 1.12. The SMILES string of the molecule is CC(C)SP(=S)(SC(C)C)SC(C)C. The molecular weight excluding hydrogens is 267 g/mol. The van der Waals surface area contributed by atoms with E-state index in [1.165, 1.54) is 0 Å². The van der Waals surface area contributed by atoms with Crippen molar-refractivity contribution < 1.29 is 0 Å². The van der Waals surface area contributed by atoms with Gasteiger partial charge >= 0.3 is 0 Å². The summed E-state index contributed by atoms with van der Waals surface area (Å²) in [5.74, 6) is 0. The number of hydrogen-bond donors (Lipinski definition) is 0. The standard InChI is InChI=1S/C9H21PS4/c1-7(2)12-10(11,13-8(3)4)14-9(5)6/h7-9H,1-6H3. The average Bonchev–Trinajstić information content (AvgIpc) is 1.76. The molecule has 0 aliphatic heterocycles. The maximum absolute atomic E-state index is 5.83. The van der Waals surface area contributed by atoms with Gasteiger partial charge in [-0.05, 0) is 0 Å². The van der Waals surface area contributed by atoms with Crippen molar-refractivity contribution in [3.63, 3.8) is 0 Å². The lowest BCUT2D eigenvalue weighted by Crippen LogP contribution is -1.91. The second-order valence-corrected chi connectivity index (χ2v) is 20.9. The van der Waals surface area contributed by atoms with Gasteiger partial charge in [0.05, 0.1) is 0 Å². The summed E-state index contributed by atoms with van der Waals surface area (Å²) in [7, 11) is 0. The molecule has 86 valence electrons. The van der Waals surface area contributed by atoms with Crippen molar-refractivity contribution in [1.29, 1.82) is 0 Å². The molecule has 0 rings (SSSR count). The van der Waals surface area contributed by atoms with Gasteiger partial charge in [0.25, 0.3) is 0 Å². The Bertz CT molecular complexity index is 168. The smallest absolute Gasteiger partial charge is 0.101 e. The summed E-state index contributed by atoms with van der Waals surface area (Å²) in [5.41, 5.74) is 0. The van der Waals surface area contributed by atoms with Gasteiger partial charge in [-0.3, -0.25) is 0 Å². The van der Waals surface area contributed by atoms with E-state index in [0.717, 1.165) is 0 Å². The molecule has 0 radical (unpaired) electrons. The van der Waals surface area contributed by atoms with E-state index in [1.807, 2.05) is 34.1 Å². The molecule has 0 saturated heterocycles. The molecule has 0 heterocycles. The van der Waals surface area contributed by atoms with Gasteiger partial charge in [-0.1, -0.05) is 53.3 Å². The first-order chi connectivity index (χ1) is 6.25.